The normalized spacial score (nSPS) is 17.8. The average molecular weight is 475 g/mol. The van der Waals surface area contributed by atoms with Crippen LogP contribution in [-0.4, -0.2) is 46.1 Å². The third-order valence-corrected chi connectivity index (χ3v) is 6.72. The molecule has 0 aliphatic carbocycles. The van der Waals surface area contributed by atoms with E-state index in [-0.39, 0.29) is 24.0 Å². The molecule has 2 aliphatic heterocycles. The van der Waals surface area contributed by atoms with Gasteiger partial charge in [0.25, 0.3) is 11.8 Å². The molecule has 2 N–H and O–H groups in total. The molecule has 3 heterocycles. The number of nitrogens with zero attached hydrogens (tertiary/aromatic N) is 2. The van der Waals surface area contributed by atoms with Gasteiger partial charge in [0, 0.05) is 18.3 Å². The highest BCUT2D eigenvalue weighted by Crippen LogP contribution is 2.31. The van der Waals surface area contributed by atoms with Crippen LogP contribution in [0.15, 0.2) is 53.4 Å². The zero-order valence-corrected chi connectivity index (χ0v) is 19.1. The summed E-state index contributed by atoms with van der Waals surface area (Å²) in [7, 11) is 0. The van der Waals surface area contributed by atoms with E-state index >= 15 is 0 Å². The summed E-state index contributed by atoms with van der Waals surface area (Å²) in [5.41, 5.74) is 6.32. The second kappa shape index (κ2) is 9.28. The maximum absolute atomic E-state index is 13.1. The van der Waals surface area contributed by atoms with Crippen LogP contribution in [0.3, 0.4) is 0 Å². The summed E-state index contributed by atoms with van der Waals surface area (Å²) in [6, 6.07) is 12.3. The van der Waals surface area contributed by atoms with Crippen LogP contribution >= 0.6 is 11.3 Å². The number of imide groups is 2. The van der Waals surface area contributed by atoms with Crippen molar-refractivity contribution >= 4 is 35.0 Å². The molecule has 8 nitrogen and oxygen atoms in total. The monoisotopic (exact) mass is 474 g/mol. The van der Waals surface area contributed by atoms with Gasteiger partial charge in [-0.15, -0.1) is 11.3 Å². The number of fused-ring (bicyclic) bond motifs is 1. The Balaban J connectivity index is 1.31. The lowest BCUT2D eigenvalue weighted by Crippen LogP contribution is -2.54. The topological polar surface area (TPSA) is 108 Å². The summed E-state index contributed by atoms with van der Waals surface area (Å²) in [5, 5.41) is 7.62. The van der Waals surface area contributed by atoms with E-state index in [1.54, 1.807) is 23.5 Å². The summed E-state index contributed by atoms with van der Waals surface area (Å²) >= 11 is 1.58. The minimum Gasteiger partial charge on any atom is -0.311 e. The van der Waals surface area contributed by atoms with Gasteiger partial charge in [-0.3, -0.25) is 29.4 Å². The standard InChI is InChI=1S/C25H22N4O4S/c30-22-7-6-21(23(31)28-22)29-24(32)19-5-4-17(11-20(19)25(29)33)16-3-1-2-15(10-16)8-9-26-12-18-13-34-14-27-18/h1-5,10-11,13-14,21,26H,6-9,12H2,(H,28,30,31). The van der Waals surface area contributed by atoms with E-state index in [1.165, 1.54) is 0 Å². The largest absolute Gasteiger partial charge is 0.311 e. The van der Waals surface area contributed by atoms with Crippen LogP contribution in [0.5, 0.6) is 0 Å². The van der Waals surface area contributed by atoms with Gasteiger partial charge < -0.3 is 5.32 Å². The number of hydrogen-bond donors (Lipinski definition) is 2. The van der Waals surface area contributed by atoms with Gasteiger partial charge in [-0.05, 0) is 48.2 Å². The lowest BCUT2D eigenvalue weighted by atomic mass is 9.98. The molecular weight excluding hydrogens is 452 g/mol. The zero-order chi connectivity index (χ0) is 23.7. The SMILES string of the molecule is O=C1CCC(N2C(=O)c3ccc(-c4cccc(CCNCc5cscn5)c4)cc3C2=O)C(=O)N1. The third kappa shape index (κ3) is 4.27. The Morgan fingerprint density at radius 1 is 1.03 bits per heavy atom. The molecular formula is C25H22N4O4S. The smallest absolute Gasteiger partial charge is 0.262 e. The van der Waals surface area contributed by atoms with Crippen molar-refractivity contribution in [1.82, 2.24) is 20.5 Å². The maximum atomic E-state index is 13.1. The van der Waals surface area contributed by atoms with Gasteiger partial charge in [0.15, 0.2) is 0 Å². The van der Waals surface area contributed by atoms with Crippen LogP contribution in [0.25, 0.3) is 11.1 Å². The fraction of sp³-hybridized carbons (Fsp3) is 0.240. The number of rotatable bonds is 7. The molecule has 1 atom stereocenters. The Morgan fingerprint density at radius 2 is 1.85 bits per heavy atom. The molecule has 2 aliphatic rings. The molecule has 4 amide bonds. The number of aromatic nitrogens is 1. The van der Waals surface area contributed by atoms with Crippen molar-refractivity contribution in [3.63, 3.8) is 0 Å². The Labute approximate surface area is 200 Å². The number of thiazole rings is 1. The molecule has 1 saturated heterocycles. The Hall–Kier alpha value is -3.69. The van der Waals surface area contributed by atoms with Crippen LogP contribution in [0.4, 0.5) is 0 Å². The molecule has 2 aromatic carbocycles. The van der Waals surface area contributed by atoms with E-state index in [0.29, 0.717) is 0 Å². The first kappa shape index (κ1) is 22.1. The molecule has 0 radical (unpaired) electrons. The van der Waals surface area contributed by atoms with Crippen molar-refractivity contribution in [2.24, 2.45) is 0 Å². The minimum absolute atomic E-state index is 0.0977. The van der Waals surface area contributed by atoms with Gasteiger partial charge in [-0.1, -0.05) is 30.3 Å². The molecule has 1 unspecified atom stereocenters. The highest BCUT2D eigenvalue weighted by Gasteiger charge is 2.44. The third-order valence-electron chi connectivity index (χ3n) is 6.08. The highest BCUT2D eigenvalue weighted by atomic mass is 32.1. The Kier molecular flexibility index (Phi) is 6.04. The second-order valence-corrected chi connectivity index (χ2v) is 9.03. The van der Waals surface area contributed by atoms with Gasteiger partial charge >= 0.3 is 0 Å². The van der Waals surface area contributed by atoms with Crippen LogP contribution < -0.4 is 10.6 Å². The van der Waals surface area contributed by atoms with Crippen LogP contribution in [0.2, 0.25) is 0 Å². The lowest BCUT2D eigenvalue weighted by Gasteiger charge is -2.27. The molecule has 172 valence electrons. The molecule has 34 heavy (non-hydrogen) atoms. The van der Waals surface area contributed by atoms with Crippen molar-refractivity contribution in [2.75, 3.05) is 6.54 Å². The van der Waals surface area contributed by atoms with Crippen LogP contribution in [0, 0.1) is 0 Å². The quantitative estimate of drug-likeness (QED) is 0.403. The van der Waals surface area contributed by atoms with E-state index in [0.717, 1.165) is 46.8 Å². The van der Waals surface area contributed by atoms with E-state index in [9.17, 15) is 19.2 Å². The molecule has 1 aromatic heterocycles. The molecule has 5 rings (SSSR count). The van der Waals surface area contributed by atoms with E-state index in [1.807, 2.05) is 29.1 Å². The predicted molar refractivity (Wildman–Crippen MR) is 126 cm³/mol. The summed E-state index contributed by atoms with van der Waals surface area (Å²) in [5.74, 6) is -2.00. The highest BCUT2D eigenvalue weighted by molar-refractivity contribution is 7.07. The molecule has 3 aromatic rings. The first-order valence-corrected chi connectivity index (χ1v) is 12.0. The Bertz CT molecular complexity index is 1290. The molecule has 9 heteroatoms. The van der Waals surface area contributed by atoms with Gasteiger partial charge in [0.2, 0.25) is 11.8 Å². The van der Waals surface area contributed by atoms with Crippen LogP contribution in [-0.2, 0) is 22.6 Å². The van der Waals surface area contributed by atoms with Gasteiger partial charge in [-0.2, -0.15) is 0 Å². The van der Waals surface area contributed by atoms with Gasteiger partial charge in [0.05, 0.1) is 22.3 Å². The molecule has 0 bridgehead atoms. The first-order chi connectivity index (χ1) is 16.5. The lowest BCUT2D eigenvalue weighted by molar-refractivity contribution is -0.136. The number of hydrogen-bond acceptors (Lipinski definition) is 7. The van der Waals surface area contributed by atoms with Crippen molar-refractivity contribution in [3.05, 3.63) is 75.7 Å². The van der Waals surface area contributed by atoms with Gasteiger partial charge in [-0.25, -0.2) is 4.98 Å². The van der Waals surface area contributed by atoms with E-state index < -0.39 is 29.7 Å². The minimum atomic E-state index is -0.964. The molecule has 1 fully saturated rings. The van der Waals surface area contributed by atoms with Gasteiger partial charge in [0.1, 0.15) is 6.04 Å². The van der Waals surface area contributed by atoms with Crippen molar-refractivity contribution in [2.45, 2.75) is 31.8 Å². The average Bonchev–Trinajstić information content (AvgIpc) is 3.44. The van der Waals surface area contributed by atoms with Crippen molar-refractivity contribution in [3.8, 4) is 11.1 Å². The number of nitrogens with one attached hydrogen (secondary N) is 2. The number of benzene rings is 2. The fourth-order valence-electron chi connectivity index (χ4n) is 4.33. The first-order valence-electron chi connectivity index (χ1n) is 11.0. The number of piperidine rings is 1. The summed E-state index contributed by atoms with van der Waals surface area (Å²) < 4.78 is 0. The Morgan fingerprint density at radius 3 is 2.65 bits per heavy atom. The summed E-state index contributed by atoms with van der Waals surface area (Å²) in [4.78, 5) is 54.9. The van der Waals surface area contributed by atoms with E-state index in [2.05, 4.69) is 27.8 Å². The maximum Gasteiger partial charge on any atom is 0.262 e. The zero-order valence-electron chi connectivity index (χ0n) is 18.2. The predicted octanol–water partition coefficient (Wildman–Crippen LogP) is 2.54. The summed E-state index contributed by atoms with van der Waals surface area (Å²) in [6.07, 6.45) is 1.08. The van der Waals surface area contributed by atoms with E-state index in [4.69, 9.17) is 0 Å². The van der Waals surface area contributed by atoms with Crippen molar-refractivity contribution in [1.29, 1.82) is 0 Å². The summed E-state index contributed by atoms with van der Waals surface area (Å²) in [6.45, 7) is 1.53. The van der Waals surface area contributed by atoms with Crippen LogP contribution in [0.1, 0.15) is 44.8 Å². The second-order valence-electron chi connectivity index (χ2n) is 8.31. The molecule has 0 saturated carbocycles. The molecule has 0 spiro atoms. The number of amides is 4. The number of carbonyl (C=O) groups is 4. The fourth-order valence-corrected chi connectivity index (χ4v) is 4.89. The number of carbonyl (C=O) groups excluding carboxylic acids is 4. The van der Waals surface area contributed by atoms with Crippen molar-refractivity contribution < 1.29 is 19.2 Å².